The Morgan fingerprint density at radius 3 is 2.43 bits per heavy atom. The molecular formula is C18H15BrO2. The van der Waals surface area contributed by atoms with Crippen LogP contribution < -0.4 is 9.47 Å². The van der Waals surface area contributed by atoms with Crippen molar-refractivity contribution in [3.63, 3.8) is 0 Å². The fraction of sp³-hybridized carbons (Fsp3) is 0.111. The van der Waals surface area contributed by atoms with Gasteiger partial charge in [-0.2, -0.15) is 0 Å². The van der Waals surface area contributed by atoms with Gasteiger partial charge < -0.3 is 9.47 Å². The maximum absolute atomic E-state index is 5.83. The Morgan fingerprint density at radius 2 is 1.52 bits per heavy atom. The molecule has 21 heavy (non-hydrogen) atoms. The first-order valence-corrected chi connectivity index (χ1v) is 7.61. The van der Waals surface area contributed by atoms with E-state index in [1.54, 1.807) is 0 Å². The zero-order valence-electron chi connectivity index (χ0n) is 11.5. The Balaban J connectivity index is 1.60. The molecule has 3 aromatic carbocycles. The molecule has 0 unspecified atom stereocenters. The Bertz CT molecular complexity index is 735. The molecule has 2 nitrogen and oxygen atoms in total. The topological polar surface area (TPSA) is 18.5 Å². The van der Waals surface area contributed by atoms with Gasteiger partial charge in [-0.3, -0.25) is 0 Å². The summed E-state index contributed by atoms with van der Waals surface area (Å²) in [5.41, 5.74) is 0. The molecule has 0 spiro atoms. The molecule has 0 radical (unpaired) electrons. The highest BCUT2D eigenvalue weighted by molar-refractivity contribution is 9.10. The summed E-state index contributed by atoms with van der Waals surface area (Å²) in [6.45, 7) is 1.03. The second-order valence-electron chi connectivity index (χ2n) is 4.63. The van der Waals surface area contributed by atoms with Crippen molar-refractivity contribution in [2.75, 3.05) is 13.2 Å². The van der Waals surface area contributed by atoms with E-state index < -0.39 is 0 Å². The number of benzene rings is 3. The van der Waals surface area contributed by atoms with Crippen molar-refractivity contribution in [2.45, 2.75) is 0 Å². The van der Waals surface area contributed by atoms with E-state index >= 15 is 0 Å². The molecule has 0 fully saturated rings. The number of fused-ring (bicyclic) bond motifs is 1. The Kier molecular flexibility index (Phi) is 4.41. The van der Waals surface area contributed by atoms with Gasteiger partial charge in [0.1, 0.15) is 24.7 Å². The summed E-state index contributed by atoms with van der Waals surface area (Å²) in [6, 6.07) is 22.1. The largest absolute Gasteiger partial charge is 0.490 e. The number of hydrogen-bond acceptors (Lipinski definition) is 2. The fourth-order valence-corrected chi connectivity index (χ4v) is 2.57. The first-order valence-electron chi connectivity index (χ1n) is 6.82. The van der Waals surface area contributed by atoms with Crippen molar-refractivity contribution in [2.24, 2.45) is 0 Å². The van der Waals surface area contributed by atoms with Crippen molar-refractivity contribution in [3.8, 4) is 11.5 Å². The second kappa shape index (κ2) is 6.64. The number of halogens is 1. The van der Waals surface area contributed by atoms with Crippen LogP contribution in [0.25, 0.3) is 10.8 Å². The Labute approximate surface area is 132 Å². The summed E-state index contributed by atoms with van der Waals surface area (Å²) < 4.78 is 12.5. The minimum absolute atomic E-state index is 0.514. The normalized spacial score (nSPS) is 10.5. The number of hydrogen-bond donors (Lipinski definition) is 0. The van der Waals surface area contributed by atoms with Crippen molar-refractivity contribution in [1.29, 1.82) is 0 Å². The number of rotatable bonds is 5. The summed E-state index contributed by atoms with van der Waals surface area (Å²) in [7, 11) is 0. The van der Waals surface area contributed by atoms with Gasteiger partial charge in [0.2, 0.25) is 0 Å². The summed E-state index contributed by atoms with van der Waals surface area (Å²) in [5, 5.41) is 2.31. The van der Waals surface area contributed by atoms with Crippen LogP contribution in [-0.2, 0) is 0 Å². The van der Waals surface area contributed by atoms with Crippen LogP contribution in [0.4, 0.5) is 0 Å². The predicted octanol–water partition coefficient (Wildman–Crippen LogP) is 5.06. The van der Waals surface area contributed by atoms with Crippen molar-refractivity contribution in [3.05, 3.63) is 71.2 Å². The highest BCUT2D eigenvalue weighted by Crippen LogP contribution is 2.25. The third-order valence-corrected chi connectivity index (χ3v) is 3.65. The van der Waals surface area contributed by atoms with Crippen molar-refractivity contribution < 1.29 is 9.47 Å². The first kappa shape index (κ1) is 14.0. The molecular weight excluding hydrogens is 328 g/mol. The summed E-state index contributed by atoms with van der Waals surface area (Å²) in [5.74, 6) is 1.73. The molecule has 0 aromatic heterocycles. The monoisotopic (exact) mass is 342 g/mol. The van der Waals surface area contributed by atoms with Crippen LogP contribution in [0.1, 0.15) is 0 Å². The molecule has 0 heterocycles. The maximum atomic E-state index is 5.83. The molecule has 3 heteroatoms. The molecule has 0 saturated heterocycles. The van der Waals surface area contributed by atoms with Gasteiger partial charge in [0.15, 0.2) is 0 Å². The van der Waals surface area contributed by atoms with E-state index in [1.165, 1.54) is 5.39 Å². The van der Waals surface area contributed by atoms with Gasteiger partial charge in [-0.15, -0.1) is 0 Å². The molecule has 0 aliphatic rings. The van der Waals surface area contributed by atoms with Gasteiger partial charge in [-0.05, 0) is 29.7 Å². The highest BCUT2D eigenvalue weighted by atomic mass is 79.9. The van der Waals surface area contributed by atoms with Gasteiger partial charge in [0, 0.05) is 9.86 Å². The molecule has 0 atom stereocenters. The Hall–Kier alpha value is -2.00. The van der Waals surface area contributed by atoms with Crippen LogP contribution in [0, 0.1) is 0 Å². The van der Waals surface area contributed by atoms with Crippen molar-refractivity contribution >= 4 is 26.7 Å². The molecule has 3 rings (SSSR count). The number of ether oxygens (including phenoxy) is 2. The van der Waals surface area contributed by atoms with E-state index in [1.807, 2.05) is 48.5 Å². The van der Waals surface area contributed by atoms with E-state index in [9.17, 15) is 0 Å². The van der Waals surface area contributed by atoms with Crippen LogP contribution in [-0.4, -0.2) is 13.2 Å². The highest BCUT2D eigenvalue weighted by Gasteiger charge is 2.01. The molecule has 0 saturated carbocycles. The zero-order valence-corrected chi connectivity index (χ0v) is 13.0. The molecule has 0 aliphatic heterocycles. The molecule has 106 valence electrons. The third kappa shape index (κ3) is 3.56. The molecule has 0 aliphatic carbocycles. The van der Waals surface area contributed by atoms with Crippen LogP contribution in [0.5, 0.6) is 11.5 Å². The zero-order chi connectivity index (χ0) is 14.5. The average molecular weight is 343 g/mol. The van der Waals surface area contributed by atoms with Gasteiger partial charge in [-0.25, -0.2) is 0 Å². The Morgan fingerprint density at radius 1 is 0.762 bits per heavy atom. The van der Waals surface area contributed by atoms with Gasteiger partial charge >= 0.3 is 0 Å². The van der Waals surface area contributed by atoms with Crippen LogP contribution in [0.3, 0.4) is 0 Å². The molecule has 0 amide bonds. The third-order valence-electron chi connectivity index (χ3n) is 3.16. The van der Waals surface area contributed by atoms with Gasteiger partial charge in [0.05, 0.1) is 0 Å². The van der Waals surface area contributed by atoms with E-state index in [0.717, 1.165) is 21.4 Å². The summed E-state index contributed by atoms with van der Waals surface area (Å²) in [4.78, 5) is 0. The predicted molar refractivity (Wildman–Crippen MR) is 89.1 cm³/mol. The van der Waals surface area contributed by atoms with Crippen LogP contribution in [0.2, 0.25) is 0 Å². The standard InChI is InChI=1S/C18H15BrO2/c19-15-7-4-8-16(13-15)20-11-12-21-18-10-3-6-14-5-1-2-9-17(14)18/h1-10,13H,11-12H2. The first-order chi connectivity index (χ1) is 10.3. The summed E-state index contributed by atoms with van der Waals surface area (Å²) >= 11 is 3.42. The fourth-order valence-electron chi connectivity index (χ4n) is 2.19. The van der Waals surface area contributed by atoms with Gasteiger partial charge in [-0.1, -0.05) is 58.4 Å². The van der Waals surface area contributed by atoms with E-state index in [2.05, 4.69) is 34.1 Å². The lowest BCUT2D eigenvalue weighted by molar-refractivity contribution is 0.218. The summed E-state index contributed by atoms with van der Waals surface area (Å²) in [6.07, 6.45) is 0. The van der Waals surface area contributed by atoms with E-state index in [-0.39, 0.29) is 0 Å². The molecule has 0 bridgehead atoms. The maximum Gasteiger partial charge on any atom is 0.127 e. The molecule has 3 aromatic rings. The average Bonchev–Trinajstić information content (AvgIpc) is 2.52. The lowest BCUT2D eigenvalue weighted by Gasteiger charge is -2.10. The van der Waals surface area contributed by atoms with Crippen molar-refractivity contribution in [1.82, 2.24) is 0 Å². The van der Waals surface area contributed by atoms with Gasteiger partial charge in [0.25, 0.3) is 0 Å². The SMILES string of the molecule is Brc1cccc(OCCOc2cccc3ccccc23)c1. The minimum atomic E-state index is 0.514. The minimum Gasteiger partial charge on any atom is -0.490 e. The lowest BCUT2D eigenvalue weighted by Crippen LogP contribution is -2.09. The van der Waals surface area contributed by atoms with Crippen LogP contribution >= 0.6 is 15.9 Å². The smallest absolute Gasteiger partial charge is 0.127 e. The van der Waals surface area contributed by atoms with Crippen LogP contribution in [0.15, 0.2) is 71.2 Å². The quantitative estimate of drug-likeness (QED) is 0.603. The second-order valence-corrected chi connectivity index (χ2v) is 5.55. The van der Waals surface area contributed by atoms with E-state index in [0.29, 0.717) is 13.2 Å². The van der Waals surface area contributed by atoms with E-state index in [4.69, 9.17) is 9.47 Å². The molecule has 0 N–H and O–H groups in total. The lowest BCUT2D eigenvalue weighted by atomic mass is 10.1.